The molecular weight excluding hydrogens is 633 g/mol. The first kappa shape index (κ1) is 30.8. The van der Waals surface area contributed by atoms with E-state index in [4.69, 9.17) is 31.6 Å². The van der Waals surface area contributed by atoms with Crippen molar-refractivity contribution >= 4 is 65.5 Å². The van der Waals surface area contributed by atoms with Crippen LogP contribution in [0.15, 0.2) is 133 Å². The first-order chi connectivity index (χ1) is 23.4. The number of fused-ring (bicyclic) bond motifs is 3. The number of hydrogen-bond donors (Lipinski definition) is 4. The van der Waals surface area contributed by atoms with Gasteiger partial charge in [-0.2, -0.15) is 0 Å². The minimum absolute atomic E-state index is 0.115. The van der Waals surface area contributed by atoms with Gasteiger partial charge in [-0.1, -0.05) is 97.1 Å². The summed E-state index contributed by atoms with van der Waals surface area (Å²) in [4.78, 5) is 18.9. The third-order valence-electron chi connectivity index (χ3n) is 7.50. The third-order valence-corrected chi connectivity index (χ3v) is 9.15. The van der Waals surface area contributed by atoms with Crippen LogP contribution in [0.1, 0.15) is 22.8 Å². The summed E-state index contributed by atoms with van der Waals surface area (Å²) in [5.41, 5.74) is 6.41. The zero-order valence-corrected chi connectivity index (χ0v) is 26.9. The molecule has 0 unspecified atom stereocenters. The van der Waals surface area contributed by atoms with Crippen molar-refractivity contribution in [2.75, 3.05) is 0 Å². The zero-order chi connectivity index (χ0) is 33.0. The number of rotatable bonds is 6. The van der Waals surface area contributed by atoms with Crippen molar-refractivity contribution in [2.45, 2.75) is 0 Å². The lowest BCUT2D eigenvalue weighted by Crippen LogP contribution is -2.06. The average molecular weight is 659 g/mol. The van der Waals surface area contributed by atoms with Crippen LogP contribution in [0.4, 0.5) is 0 Å². The molecule has 0 fully saturated rings. The van der Waals surface area contributed by atoms with Gasteiger partial charge in [-0.25, -0.2) is 19.9 Å². The van der Waals surface area contributed by atoms with Crippen LogP contribution >= 0.6 is 23.5 Å². The maximum atomic E-state index is 8.79. The van der Waals surface area contributed by atoms with E-state index in [9.17, 15) is 0 Å². The van der Waals surface area contributed by atoms with E-state index in [0.29, 0.717) is 33.8 Å². The van der Waals surface area contributed by atoms with Gasteiger partial charge in [0.15, 0.2) is 0 Å². The quantitative estimate of drug-likeness (QED) is 0.0796. The molecule has 0 bridgehead atoms. The molecule has 0 atom stereocenters. The lowest BCUT2D eigenvalue weighted by atomic mass is 10.1. The SMILES string of the molecule is N=C(SC(=N)c1ccc2ccc3ccc(C(=N)SC(=N)c4cccc(-c5ccccc5)n4)nc3c2n1)c1cccc(-c2ccccc2)n1. The highest BCUT2D eigenvalue weighted by Gasteiger charge is 2.16. The van der Waals surface area contributed by atoms with Crippen molar-refractivity contribution in [3.63, 3.8) is 0 Å². The van der Waals surface area contributed by atoms with Crippen LogP contribution in [-0.2, 0) is 0 Å². The van der Waals surface area contributed by atoms with E-state index in [1.165, 1.54) is 0 Å². The molecule has 8 nitrogen and oxygen atoms in total. The van der Waals surface area contributed by atoms with Crippen molar-refractivity contribution in [2.24, 2.45) is 0 Å². The number of hydrogen-bond acceptors (Lipinski definition) is 10. The molecule has 4 heterocycles. The summed E-state index contributed by atoms with van der Waals surface area (Å²) in [6.45, 7) is 0. The largest absolute Gasteiger partial charge is 0.292 e. The molecule has 3 aromatic carbocycles. The van der Waals surface area contributed by atoms with Gasteiger partial charge < -0.3 is 0 Å². The molecule has 4 aromatic heterocycles. The Kier molecular flexibility index (Phi) is 8.65. The number of benzene rings is 3. The number of aromatic nitrogens is 4. The molecule has 230 valence electrons. The van der Waals surface area contributed by atoms with E-state index in [2.05, 4.69) is 9.97 Å². The summed E-state index contributed by atoms with van der Waals surface area (Å²) in [6, 6.07) is 41.9. The van der Waals surface area contributed by atoms with Gasteiger partial charge in [0.25, 0.3) is 0 Å². The molecule has 7 aromatic rings. The Labute approximate surface area is 284 Å². The highest BCUT2D eigenvalue weighted by molar-refractivity contribution is 8.27. The fraction of sp³-hybridized carbons (Fsp3) is 0. The Balaban J connectivity index is 1.12. The van der Waals surface area contributed by atoms with Crippen LogP contribution in [0.5, 0.6) is 0 Å². The second-order valence-corrected chi connectivity index (χ2v) is 12.7. The first-order valence-corrected chi connectivity index (χ1v) is 16.5. The highest BCUT2D eigenvalue weighted by atomic mass is 32.2. The third kappa shape index (κ3) is 6.52. The van der Waals surface area contributed by atoms with E-state index in [-0.39, 0.29) is 20.2 Å². The van der Waals surface area contributed by atoms with Crippen LogP contribution in [-0.4, -0.2) is 40.1 Å². The van der Waals surface area contributed by atoms with Crippen molar-refractivity contribution in [3.05, 3.63) is 156 Å². The molecule has 48 heavy (non-hydrogen) atoms. The topological polar surface area (TPSA) is 147 Å². The number of nitrogens with zero attached hydrogens (tertiary/aromatic N) is 4. The van der Waals surface area contributed by atoms with E-state index < -0.39 is 0 Å². The van der Waals surface area contributed by atoms with Gasteiger partial charge in [0.05, 0.1) is 45.2 Å². The van der Waals surface area contributed by atoms with Crippen molar-refractivity contribution < 1.29 is 0 Å². The Bertz CT molecular complexity index is 2210. The van der Waals surface area contributed by atoms with E-state index in [0.717, 1.165) is 56.8 Å². The van der Waals surface area contributed by atoms with Crippen LogP contribution in [0.25, 0.3) is 44.3 Å². The standard InChI is InChI=1S/C38H26N8S2/c39-35(29-15-7-13-27(43-29)23-9-3-1-4-10-23)47-37(41)31-21-19-25-17-18-26-20-22-32(46-34(26)33(25)45-31)38(42)48-36(40)30-16-8-14-28(44-30)24-11-5-2-6-12-24/h1-22,39-42H. The summed E-state index contributed by atoms with van der Waals surface area (Å²) in [5.74, 6) is 0. The van der Waals surface area contributed by atoms with Gasteiger partial charge >= 0.3 is 0 Å². The maximum Gasteiger partial charge on any atom is 0.119 e. The van der Waals surface area contributed by atoms with E-state index in [1.807, 2.05) is 109 Å². The molecule has 0 saturated carbocycles. The Morgan fingerprint density at radius 2 is 0.708 bits per heavy atom. The van der Waals surface area contributed by atoms with Crippen LogP contribution in [0.2, 0.25) is 0 Å². The highest BCUT2D eigenvalue weighted by Crippen LogP contribution is 2.27. The lowest BCUT2D eigenvalue weighted by Gasteiger charge is -2.10. The first-order valence-electron chi connectivity index (χ1n) is 14.9. The summed E-state index contributed by atoms with van der Waals surface area (Å²) < 4.78 is 0. The predicted molar refractivity (Wildman–Crippen MR) is 199 cm³/mol. The fourth-order valence-corrected chi connectivity index (χ4v) is 6.38. The Hall–Kier alpha value is -5.84. The monoisotopic (exact) mass is 658 g/mol. The summed E-state index contributed by atoms with van der Waals surface area (Å²) in [7, 11) is 0. The van der Waals surface area contributed by atoms with Crippen molar-refractivity contribution in [1.29, 1.82) is 21.6 Å². The van der Waals surface area contributed by atoms with Crippen molar-refractivity contribution in [1.82, 2.24) is 19.9 Å². The molecule has 0 aliphatic heterocycles. The van der Waals surface area contributed by atoms with Crippen molar-refractivity contribution in [3.8, 4) is 22.5 Å². The summed E-state index contributed by atoms with van der Waals surface area (Å²) >= 11 is 1.98. The van der Waals surface area contributed by atoms with Crippen LogP contribution in [0.3, 0.4) is 0 Å². The van der Waals surface area contributed by atoms with Gasteiger partial charge in [0.2, 0.25) is 0 Å². The molecule has 0 aliphatic rings. The average Bonchev–Trinajstić information content (AvgIpc) is 3.15. The molecule has 0 aliphatic carbocycles. The Morgan fingerprint density at radius 1 is 0.354 bits per heavy atom. The van der Waals surface area contributed by atoms with Gasteiger partial charge in [-0.05, 0) is 59.9 Å². The van der Waals surface area contributed by atoms with E-state index in [1.54, 1.807) is 24.3 Å². The molecule has 0 spiro atoms. The molecule has 10 heteroatoms. The molecule has 7 rings (SSSR count). The summed E-state index contributed by atoms with van der Waals surface area (Å²) in [5, 5.41) is 37.2. The van der Waals surface area contributed by atoms with Gasteiger partial charge in [-0.3, -0.25) is 21.6 Å². The van der Waals surface area contributed by atoms with Crippen LogP contribution < -0.4 is 0 Å². The van der Waals surface area contributed by atoms with Gasteiger partial charge in [0, 0.05) is 21.9 Å². The normalized spacial score (nSPS) is 11.0. The summed E-state index contributed by atoms with van der Waals surface area (Å²) in [6.07, 6.45) is 0. The van der Waals surface area contributed by atoms with Crippen LogP contribution in [0, 0.1) is 21.6 Å². The fourth-order valence-electron chi connectivity index (χ4n) is 5.10. The lowest BCUT2D eigenvalue weighted by molar-refractivity contribution is 1.29. The van der Waals surface area contributed by atoms with E-state index >= 15 is 0 Å². The second-order valence-electron chi connectivity index (χ2n) is 10.7. The second kappa shape index (κ2) is 13.5. The molecule has 0 radical (unpaired) electrons. The molecule has 0 saturated heterocycles. The minimum atomic E-state index is 0.115. The Morgan fingerprint density at radius 3 is 1.10 bits per heavy atom. The molecular formula is C38H26N8S2. The predicted octanol–water partition coefficient (Wildman–Crippen LogP) is 9.08. The molecule has 0 amide bonds. The van der Waals surface area contributed by atoms with Gasteiger partial charge in [-0.15, -0.1) is 0 Å². The smallest absolute Gasteiger partial charge is 0.119 e. The number of pyridine rings is 4. The number of nitrogens with one attached hydrogen (secondary N) is 4. The maximum absolute atomic E-state index is 8.79. The minimum Gasteiger partial charge on any atom is -0.292 e. The van der Waals surface area contributed by atoms with Gasteiger partial charge in [0.1, 0.15) is 20.2 Å². The zero-order valence-electron chi connectivity index (χ0n) is 25.3. The molecule has 4 N–H and O–H groups in total. The number of thioether (sulfide) groups is 2.